The minimum absolute atomic E-state index is 0.0733. The molecule has 2 heterocycles. The van der Waals surface area contributed by atoms with Crippen LogP contribution in [0.25, 0.3) is 11.3 Å². The van der Waals surface area contributed by atoms with E-state index in [-0.39, 0.29) is 11.9 Å². The maximum Gasteiger partial charge on any atom is 0.250 e. The number of nitrogens with zero attached hydrogens (tertiary/aromatic N) is 2. The molecule has 6 nitrogen and oxygen atoms in total. The monoisotopic (exact) mass is 442 g/mol. The van der Waals surface area contributed by atoms with Gasteiger partial charge in [-0.2, -0.15) is 0 Å². The molecule has 0 saturated carbocycles. The summed E-state index contributed by atoms with van der Waals surface area (Å²) < 4.78 is 0. The van der Waals surface area contributed by atoms with Crippen LogP contribution < -0.4 is 11.1 Å². The number of hydrogen-bond acceptors (Lipinski definition) is 4. The van der Waals surface area contributed by atoms with Gasteiger partial charge in [-0.3, -0.25) is 19.5 Å². The van der Waals surface area contributed by atoms with Crippen LogP contribution in [-0.2, 0) is 17.8 Å². The van der Waals surface area contributed by atoms with Crippen LogP contribution in [-0.4, -0.2) is 40.8 Å². The number of rotatable bonds is 8. The summed E-state index contributed by atoms with van der Waals surface area (Å²) >= 11 is 0. The number of carbonyl (C=O) groups is 2. The summed E-state index contributed by atoms with van der Waals surface area (Å²) in [5.41, 5.74) is 10.3. The molecule has 1 atom stereocenters. The normalized spacial score (nSPS) is 14.7. The van der Waals surface area contributed by atoms with Crippen LogP contribution in [0.4, 0.5) is 0 Å². The van der Waals surface area contributed by atoms with Crippen molar-refractivity contribution in [2.75, 3.05) is 13.1 Å². The molecule has 1 aromatic heterocycles. The van der Waals surface area contributed by atoms with Crippen LogP contribution in [0, 0.1) is 6.92 Å². The molecular weight excluding hydrogens is 412 g/mol. The van der Waals surface area contributed by atoms with Crippen LogP contribution in [0.5, 0.6) is 0 Å². The van der Waals surface area contributed by atoms with E-state index in [2.05, 4.69) is 27.3 Å². The van der Waals surface area contributed by atoms with E-state index in [9.17, 15) is 9.59 Å². The number of pyridine rings is 1. The molecule has 1 saturated heterocycles. The van der Waals surface area contributed by atoms with Crippen LogP contribution in [0.2, 0.25) is 0 Å². The third kappa shape index (κ3) is 5.65. The largest absolute Gasteiger partial charge is 0.366 e. The van der Waals surface area contributed by atoms with Gasteiger partial charge >= 0.3 is 0 Å². The molecule has 0 aliphatic carbocycles. The highest BCUT2D eigenvalue weighted by Gasteiger charge is 2.28. The summed E-state index contributed by atoms with van der Waals surface area (Å²) in [6.45, 7) is 4.20. The molecule has 33 heavy (non-hydrogen) atoms. The fraction of sp³-hybridized carbons (Fsp3) is 0.296. The Hall–Kier alpha value is -3.51. The number of hydrogen-bond donors (Lipinski definition) is 2. The van der Waals surface area contributed by atoms with E-state index in [1.165, 1.54) is 5.56 Å². The van der Waals surface area contributed by atoms with E-state index in [4.69, 9.17) is 5.73 Å². The number of likely N-dealkylation sites (tertiary alicyclic amines) is 1. The van der Waals surface area contributed by atoms with E-state index in [0.717, 1.165) is 49.2 Å². The molecule has 3 aromatic rings. The van der Waals surface area contributed by atoms with Gasteiger partial charge in [0, 0.05) is 12.1 Å². The minimum atomic E-state index is -0.475. The standard InChI is InChI=1S/C27H30N4O2/c1-19-23(26(28)32)13-14-24(30-19)22-11-9-21(10-12-22)18-29-27(33)25(31-15-5-6-16-31)17-20-7-3-2-4-8-20/h2-4,7-14,25H,5-6,15-18H2,1H3,(H2,28,32)(H,29,33)/t25-/m1/s1. The second-order valence-electron chi connectivity index (χ2n) is 8.56. The molecule has 6 heteroatoms. The SMILES string of the molecule is Cc1nc(-c2ccc(CNC(=O)[C@@H](Cc3ccccc3)N3CCCC3)cc2)ccc1C(N)=O. The van der Waals surface area contributed by atoms with E-state index in [1.54, 1.807) is 19.1 Å². The van der Waals surface area contributed by atoms with Gasteiger partial charge in [0.2, 0.25) is 5.91 Å². The van der Waals surface area contributed by atoms with Gasteiger partial charge in [-0.15, -0.1) is 0 Å². The minimum Gasteiger partial charge on any atom is -0.366 e. The first-order valence-corrected chi connectivity index (χ1v) is 11.4. The quantitative estimate of drug-likeness (QED) is 0.559. The Labute approximate surface area is 194 Å². The highest BCUT2D eigenvalue weighted by molar-refractivity contribution is 5.94. The first-order valence-electron chi connectivity index (χ1n) is 11.4. The summed E-state index contributed by atoms with van der Waals surface area (Å²) in [5.74, 6) is -0.402. The maximum atomic E-state index is 13.1. The fourth-order valence-electron chi connectivity index (χ4n) is 4.36. The number of benzene rings is 2. The van der Waals surface area contributed by atoms with Crippen molar-refractivity contribution in [2.24, 2.45) is 5.73 Å². The Morgan fingerprint density at radius 1 is 0.970 bits per heavy atom. The Morgan fingerprint density at radius 3 is 2.30 bits per heavy atom. The van der Waals surface area contributed by atoms with Gasteiger partial charge in [-0.1, -0.05) is 54.6 Å². The van der Waals surface area contributed by atoms with Gasteiger partial charge < -0.3 is 11.1 Å². The maximum absolute atomic E-state index is 13.1. The number of carbonyl (C=O) groups excluding carboxylic acids is 2. The van der Waals surface area contributed by atoms with Gasteiger partial charge in [0.15, 0.2) is 0 Å². The lowest BCUT2D eigenvalue weighted by Crippen LogP contribution is -2.46. The first kappa shape index (κ1) is 22.7. The lowest BCUT2D eigenvalue weighted by atomic mass is 10.0. The third-order valence-electron chi connectivity index (χ3n) is 6.22. The van der Waals surface area contributed by atoms with Crippen molar-refractivity contribution in [3.63, 3.8) is 0 Å². The molecule has 1 aliphatic rings. The predicted octanol–water partition coefficient (Wildman–Crippen LogP) is 3.48. The Bertz CT molecular complexity index is 1110. The topological polar surface area (TPSA) is 88.3 Å². The van der Waals surface area contributed by atoms with Crippen molar-refractivity contribution in [3.8, 4) is 11.3 Å². The lowest BCUT2D eigenvalue weighted by molar-refractivity contribution is -0.126. The van der Waals surface area contributed by atoms with Gasteiger partial charge in [0.05, 0.1) is 23.0 Å². The smallest absolute Gasteiger partial charge is 0.250 e. The zero-order valence-electron chi connectivity index (χ0n) is 19.0. The van der Waals surface area contributed by atoms with Crippen molar-refractivity contribution in [1.29, 1.82) is 0 Å². The average Bonchev–Trinajstić information content (AvgIpc) is 3.36. The number of nitrogens with one attached hydrogen (secondary N) is 1. The van der Waals surface area contributed by atoms with Gasteiger partial charge in [-0.05, 0) is 62.5 Å². The molecule has 1 aliphatic heterocycles. The van der Waals surface area contributed by atoms with E-state index >= 15 is 0 Å². The molecule has 3 N–H and O–H groups in total. The zero-order valence-corrected chi connectivity index (χ0v) is 19.0. The highest BCUT2D eigenvalue weighted by atomic mass is 16.2. The summed E-state index contributed by atoms with van der Waals surface area (Å²) in [4.78, 5) is 31.3. The summed E-state index contributed by atoms with van der Waals surface area (Å²) in [6.07, 6.45) is 3.01. The van der Waals surface area contributed by atoms with Gasteiger partial charge in [0.1, 0.15) is 0 Å². The molecule has 2 amide bonds. The Balaban J connectivity index is 1.40. The van der Waals surface area contributed by atoms with Crippen molar-refractivity contribution in [2.45, 2.75) is 38.8 Å². The van der Waals surface area contributed by atoms with E-state index in [1.807, 2.05) is 42.5 Å². The van der Waals surface area contributed by atoms with E-state index in [0.29, 0.717) is 17.8 Å². The van der Waals surface area contributed by atoms with Crippen molar-refractivity contribution < 1.29 is 9.59 Å². The Morgan fingerprint density at radius 2 is 1.67 bits per heavy atom. The number of nitrogens with two attached hydrogens (primary N) is 1. The average molecular weight is 443 g/mol. The third-order valence-corrected chi connectivity index (χ3v) is 6.22. The highest BCUT2D eigenvalue weighted by Crippen LogP contribution is 2.20. The molecular formula is C27H30N4O2. The number of aryl methyl sites for hydroxylation is 1. The molecule has 0 bridgehead atoms. The molecule has 0 radical (unpaired) electrons. The van der Waals surface area contributed by atoms with Crippen molar-refractivity contribution >= 4 is 11.8 Å². The molecule has 170 valence electrons. The lowest BCUT2D eigenvalue weighted by Gasteiger charge is -2.26. The molecule has 0 unspecified atom stereocenters. The zero-order chi connectivity index (χ0) is 23.2. The number of primary amides is 1. The van der Waals surface area contributed by atoms with Gasteiger partial charge in [0.25, 0.3) is 5.91 Å². The van der Waals surface area contributed by atoms with Crippen LogP contribution in [0.3, 0.4) is 0 Å². The Kier molecular flexibility index (Phi) is 7.15. The molecule has 1 fully saturated rings. The van der Waals surface area contributed by atoms with Crippen LogP contribution in [0.1, 0.15) is 40.0 Å². The second-order valence-corrected chi connectivity index (χ2v) is 8.56. The summed E-state index contributed by atoms with van der Waals surface area (Å²) in [6, 6.07) is 21.5. The summed E-state index contributed by atoms with van der Waals surface area (Å²) in [5, 5.41) is 3.14. The number of aromatic nitrogens is 1. The molecule has 0 spiro atoms. The molecule has 2 aromatic carbocycles. The van der Waals surface area contributed by atoms with Crippen molar-refractivity contribution in [3.05, 3.63) is 89.1 Å². The van der Waals surface area contributed by atoms with E-state index < -0.39 is 5.91 Å². The second kappa shape index (κ2) is 10.4. The number of amides is 2. The van der Waals surface area contributed by atoms with Crippen LogP contribution in [0.15, 0.2) is 66.7 Å². The molecule has 4 rings (SSSR count). The van der Waals surface area contributed by atoms with Gasteiger partial charge in [-0.25, -0.2) is 0 Å². The fourth-order valence-corrected chi connectivity index (χ4v) is 4.36. The van der Waals surface area contributed by atoms with Crippen LogP contribution >= 0.6 is 0 Å². The predicted molar refractivity (Wildman–Crippen MR) is 130 cm³/mol. The van der Waals surface area contributed by atoms with Crippen molar-refractivity contribution in [1.82, 2.24) is 15.2 Å². The first-order chi connectivity index (χ1) is 16.0. The summed E-state index contributed by atoms with van der Waals surface area (Å²) in [7, 11) is 0.